The fourth-order valence-electron chi connectivity index (χ4n) is 10.9. The molecule has 4 heterocycles. The number of hydrogen-bond donors (Lipinski definition) is 5. The smallest absolute Gasteiger partial charge is 0.195 e. The molecule has 3 aliphatic carbocycles. The van der Waals surface area contributed by atoms with Crippen LogP contribution in [0.4, 0.5) is 0 Å². The van der Waals surface area contributed by atoms with Gasteiger partial charge in [0.25, 0.3) is 0 Å². The number of nitrogens with two attached hydrogens (primary N) is 1. The highest BCUT2D eigenvalue weighted by Gasteiger charge is 2.60. The first-order valence-corrected chi connectivity index (χ1v) is 24.0. The monoisotopic (exact) mass is 822 g/mol. The van der Waals surface area contributed by atoms with Crippen LogP contribution in [0.2, 0.25) is 0 Å². The van der Waals surface area contributed by atoms with E-state index in [1.165, 1.54) is 48.5 Å². The Labute approximate surface area is 340 Å². The minimum atomic E-state index is -1.89. The second-order valence-electron chi connectivity index (χ2n) is 17.8. The van der Waals surface area contributed by atoms with Gasteiger partial charge in [-0.15, -0.1) is 4.99 Å². The number of ether oxygens (including phenoxy) is 4. The maximum atomic E-state index is 12.7. The lowest BCUT2D eigenvalue weighted by Crippen LogP contribution is -2.93. The number of rotatable bonds is 9. The predicted octanol–water partition coefficient (Wildman–Crippen LogP) is 2.05. The van der Waals surface area contributed by atoms with Crippen LogP contribution in [0.5, 0.6) is 0 Å². The standard InChI is InChI=1S/C42H64N2O10S2/c1-25(6-5-9-26-7-3-2-4-8-26)32-20-44-23-42(50)39(52-24-56-55-22-34(32)28-16-17-43-19-28)37(47)38(40(48)49)54-41(42)53-30-14-15-31-35(18-30)51-21-33(36(31)46)27-10-12-29(45)13-11-27/h5,9,16-17,19,25-27,29-39,41,44-47,50H,2-4,6-8,10-15,18,20-24H2,1H3/p+2/t25-,27?,29?,30?,31?,32+,33?,34-,35?,36?,37-,38+,39+,41-,42+/m1/s1. The summed E-state index contributed by atoms with van der Waals surface area (Å²) in [7, 11) is 3.15. The quantitative estimate of drug-likeness (QED) is 0.0991. The number of quaternary nitrogens is 1. The molecule has 0 bridgehead atoms. The van der Waals surface area contributed by atoms with Crippen molar-refractivity contribution in [1.29, 1.82) is 0 Å². The van der Waals surface area contributed by atoms with Crippen molar-refractivity contribution in [2.24, 2.45) is 46.4 Å². The van der Waals surface area contributed by atoms with Gasteiger partial charge in [-0.25, -0.2) is 0 Å². The molecule has 13 atom stereocenters. The highest BCUT2D eigenvalue weighted by Crippen LogP contribution is 2.44. The lowest BCUT2D eigenvalue weighted by molar-refractivity contribution is -0.681. The van der Waals surface area contributed by atoms with Gasteiger partial charge in [0.15, 0.2) is 30.8 Å². The highest BCUT2D eigenvalue weighted by atomic mass is 33.1. The molecule has 0 radical (unpaired) electrons. The van der Waals surface area contributed by atoms with Crippen molar-refractivity contribution in [3.8, 4) is 0 Å². The maximum absolute atomic E-state index is 12.7. The third-order valence-electron chi connectivity index (χ3n) is 14.3. The number of carboxylic acid groups (broad SMARTS) is 1. The Hall–Kier alpha value is -1.17. The number of aliphatic carboxylic acids is 1. The van der Waals surface area contributed by atoms with Crippen LogP contribution in [0.1, 0.15) is 90.4 Å². The van der Waals surface area contributed by atoms with Crippen molar-refractivity contribution in [1.82, 2.24) is 0 Å². The molecule has 5 unspecified atom stereocenters. The van der Waals surface area contributed by atoms with Gasteiger partial charge in [0.05, 0.1) is 54.7 Å². The summed E-state index contributed by atoms with van der Waals surface area (Å²) in [5, 5.41) is 60.0. The van der Waals surface area contributed by atoms with Crippen molar-refractivity contribution in [2.75, 3.05) is 31.4 Å². The zero-order valence-corrected chi connectivity index (χ0v) is 34.5. The number of nitrogens with zero attached hydrogens (tertiary/aromatic N) is 1. The molecule has 0 aromatic rings. The van der Waals surface area contributed by atoms with Crippen molar-refractivity contribution in [2.45, 2.75) is 145 Å². The zero-order chi connectivity index (χ0) is 39.2. The van der Waals surface area contributed by atoms with E-state index >= 15 is 0 Å². The summed E-state index contributed by atoms with van der Waals surface area (Å²) in [4.78, 5) is 16.8. The first kappa shape index (κ1) is 42.9. The van der Waals surface area contributed by atoms with Crippen molar-refractivity contribution in [3.63, 3.8) is 0 Å². The molecule has 6 fully saturated rings. The van der Waals surface area contributed by atoms with Gasteiger partial charge >= 0.3 is 0 Å². The number of aliphatic hydroxyl groups is 6. The van der Waals surface area contributed by atoms with E-state index in [-0.39, 0.29) is 48.4 Å². The Kier molecular flexibility index (Phi) is 15.3. The third-order valence-corrected chi connectivity index (χ3v) is 16.4. The van der Waals surface area contributed by atoms with E-state index in [9.17, 15) is 30.3 Å². The fraction of sp³-hybridized carbons (Fsp3) is 0.833. The molecule has 7 rings (SSSR count). The molecule has 56 heavy (non-hydrogen) atoms. The Morgan fingerprint density at radius 1 is 1.11 bits per heavy atom. The van der Waals surface area contributed by atoms with Crippen molar-refractivity contribution >= 4 is 33.8 Å². The number of fused-ring (bicyclic) bond motifs is 2. The minimum absolute atomic E-state index is 0.00381. The van der Waals surface area contributed by atoms with E-state index in [4.69, 9.17) is 18.9 Å². The molecular weight excluding hydrogens is 757 g/mol. The third kappa shape index (κ3) is 10.1. The molecule has 3 saturated carbocycles. The number of carbonyl (C=O) groups is 1. The van der Waals surface area contributed by atoms with Crippen LogP contribution in [0.15, 0.2) is 28.8 Å². The summed E-state index contributed by atoms with van der Waals surface area (Å²) < 4.78 is 23.8. The van der Waals surface area contributed by atoms with Gasteiger partial charge in [-0.05, 0) is 75.5 Å². The van der Waals surface area contributed by atoms with Gasteiger partial charge in [-0.2, -0.15) is 0 Å². The molecule has 0 spiro atoms. The second kappa shape index (κ2) is 19.9. The van der Waals surface area contributed by atoms with Crippen LogP contribution >= 0.6 is 21.6 Å². The molecule has 3 saturated heterocycles. The molecule has 0 amide bonds. The molecule has 0 aromatic carbocycles. The van der Waals surface area contributed by atoms with Gasteiger partial charge in [-0.1, -0.05) is 59.9 Å². The topological polar surface area (TPSA) is 191 Å². The first-order chi connectivity index (χ1) is 27.1. The highest BCUT2D eigenvalue weighted by molar-refractivity contribution is 8.76. The molecule has 4 aliphatic heterocycles. The van der Waals surface area contributed by atoms with E-state index in [0.717, 1.165) is 37.9 Å². The summed E-state index contributed by atoms with van der Waals surface area (Å²) in [5.41, 5.74) is -0.695. The predicted molar refractivity (Wildman–Crippen MR) is 214 cm³/mol. The van der Waals surface area contributed by atoms with Crippen LogP contribution < -0.4 is 10.4 Å². The lowest BCUT2D eigenvalue weighted by atomic mass is 9.69. The van der Waals surface area contributed by atoms with Crippen LogP contribution in [-0.2, 0) is 19.0 Å². The van der Waals surface area contributed by atoms with Crippen LogP contribution in [0.25, 0.3) is 0 Å². The summed E-state index contributed by atoms with van der Waals surface area (Å²) >= 11 is 0. The van der Waals surface area contributed by atoms with Gasteiger partial charge in [0, 0.05) is 18.1 Å². The summed E-state index contributed by atoms with van der Waals surface area (Å²) in [6, 6.07) is 0. The SMILES string of the molecule is C[C@H](CC=CC1CCCCC1)[C@@H]1C[NH2+]C[C@@]2(O)[C@H](OC3CCC4C(C3)[OH+]CC(C3CCC(O)CC3)C4O)O[C@H](C(=O)[O-])[C@@H](O)[C@@H]2OCSSC[C@@H]1C1=C[CH+]N=C1. The van der Waals surface area contributed by atoms with E-state index in [1.54, 1.807) is 10.8 Å². The number of carboxylic acids is 1. The summed E-state index contributed by atoms with van der Waals surface area (Å²) in [5.74, 6) is 1.22. The number of aliphatic imine (C=N–C) groups is 1. The number of hydrogen-bond acceptors (Lipinski definition) is 12. The Bertz CT molecular complexity index is 1370. The second-order valence-corrected chi connectivity index (χ2v) is 20.3. The Morgan fingerprint density at radius 3 is 2.66 bits per heavy atom. The van der Waals surface area contributed by atoms with Gasteiger partial charge in [-0.3, -0.25) is 0 Å². The molecule has 7 aliphatic rings. The van der Waals surface area contributed by atoms with Crippen molar-refractivity contribution in [3.05, 3.63) is 30.3 Å². The maximum Gasteiger partial charge on any atom is 0.195 e. The number of aliphatic hydroxyl groups excluding tert-OH is 3. The van der Waals surface area contributed by atoms with E-state index in [2.05, 4.69) is 35.5 Å². The normalized spacial score (nSPS) is 43.7. The fourth-order valence-corrected chi connectivity index (χ4v) is 13.0. The molecule has 7 N–H and O–H groups in total. The summed E-state index contributed by atoms with van der Waals surface area (Å²) in [6.07, 6.45) is 14.0. The largest absolute Gasteiger partial charge is 0.547 e. The van der Waals surface area contributed by atoms with E-state index in [1.807, 2.05) is 12.8 Å². The average molecular weight is 823 g/mol. The molecule has 314 valence electrons. The van der Waals surface area contributed by atoms with E-state index in [0.29, 0.717) is 50.2 Å². The first-order valence-electron chi connectivity index (χ1n) is 21.5. The van der Waals surface area contributed by atoms with Crippen LogP contribution in [0.3, 0.4) is 0 Å². The zero-order valence-electron chi connectivity index (χ0n) is 32.9. The average Bonchev–Trinajstić information content (AvgIpc) is 3.73. The van der Waals surface area contributed by atoms with Crippen LogP contribution in [-0.4, -0.2) is 123 Å². The van der Waals surface area contributed by atoms with Gasteiger partial charge < -0.3 is 54.6 Å². The van der Waals surface area contributed by atoms with Crippen molar-refractivity contribution < 1.29 is 54.6 Å². The molecule has 14 heteroatoms. The molecule has 0 aromatic heterocycles. The molecule has 12 nitrogen and oxygen atoms in total. The summed E-state index contributed by atoms with van der Waals surface area (Å²) in [6.45, 7) is 5.46. The Balaban J connectivity index is 1.06. The van der Waals surface area contributed by atoms with E-state index < -0.39 is 48.4 Å². The number of allylic oxidation sites excluding steroid dienone is 3. The van der Waals surface area contributed by atoms with Gasteiger partial charge in [0.2, 0.25) is 0 Å². The van der Waals surface area contributed by atoms with Gasteiger partial charge in [0.1, 0.15) is 42.9 Å². The molecular formula is C42H66N2O10S2+2. The van der Waals surface area contributed by atoms with Crippen LogP contribution in [0, 0.1) is 48.0 Å². The Morgan fingerprint density at radius 2 is 1.91 bits per heavy atom. The number of carbonyl (C=O) groups excluding carboxylic acids is 1. The minimum Gasteiger partial charge on any atom is -0.547 e. The lowest BCUT2D eigenvalue weighted by Gasteiger charge is -2.50.